The predicted octanol–water partition coefficient (Wildman–Crippen LogP) is 2.65. The van der Waals surface area contributed by atoms with Crippen LogP contribution in [0.4, 0.5) is 0 Å². The van der Waals surface area contributed by atoms with Gasteiger partial charge in [0.05, 0.1) is 12.5 Å². The zero-order valence-corrected chi connectivity index (χ0v) is 20.2. The van der Waals surface area contributed by atoms with Crippen molar-refractivity contribution in [3.8, 4) is 0 Å². The molecule has 1 heterocycles. The molecule has 1 amide bonds. The Kier molecular flexibility index (Phi) is 11.4. The fraction of sp³-hybridized carbons (Fsp3) is 0.526. The zero-order valence-electron chi connectivity index (χ0n) is 16.2. The standard InChI is InChI=1S/C19H27BrN4O3.HI/c1-3-27-18(26)15-5-4-12-24(13-15)19(21-2)23-11-10-22-17(25)14-6-8-16(20)9-7-14;/h6-9,15H,3-5,10-13H2,1-2H3,(H,21,23)(H,22,25);1H. The number of piperidine rings is 1. The number of nitrogens with zero attached hydrogens (tertiary/aromatic N) is 2. The molecule has 1 aliphatic heterocycles. The molecule has 7 nitrogen and oxygen atoms in total. The van der Waals surface area contributed by atoms with Crippen LogP contribution in [-0.4, -0.2) is 62.6 Å². The number of hydrogen-bond acceptors (Lipinski definition) is 4. The van der Waals surface area contributed by atoms with Crippen molar-refractivity contribution in [1.82, 2.24) is 15.5 Å². The molecule has 2 rings (SSSR count). The van der Waals surface area contributed by atoms with E-state index in [2.05, 4.69) is 36.5 Å². The van der Waals surface area contributed by atoms with Crippen molar-refractivity contribution in [2.24, 2.45) is 10.9 Å². The number of ether oxygens (including phenoxy) is 1. The first-order valence-electron chi connectivity index (χ1n) is 9.21. The molecule has 1 aromatic carbocycles. The second-order valence-electron chi connectivity index (χ2n) is 6.27. The Hall–Kier alpha value is -1.36. The minimum Gasteiger partial charge on any atom is -0.466 e. The number of amides is 1. The lowest BCUT2D eigenvalue weighted by molar-refractivity contribution is -0.149. The van der Waals surface area contributed by atoms with Gasteiger partial charge in [-0.05, 0) is 44.0 Å². The van der Waals surface area contributed by atoms with Gasteiger partial charge in [0, 0.05) is 43.3 Å². The van der Waals surface area contributed by atoms with Crippen LogP contribution in [0.5, 0.6) is 0 Å². The Morgan fingerprint density at radius 3 is 2.57 bits per heavy atom. The average Bonchev–Trinajstić information content (AvgIpc) is 2.68. The molecular weight excluding hydrogens is 539 g/mol. The zero-order chi connectivity index (χ0) is 19.6. The van der Waals surface area contributed by atoms with Gasteiger partial charge in [0.1, 0.15) is 0 Å². The number of benzene rings is 1. The summed E-state index contributed by atoms with van der Waals surface area (Å²) in [5, 5.41) is 6.13. The lowest BCUT2D eigenvalue weighted by Gasteiger charge is -2.33. The lowest BCUT2D eigenvalue weighted by atomic mass is 9.98. The highest BCUT2D eigenvalue weighted by Crippen LogP contribution is 2.18. The highest BCUT2D eigenvalue weighted by atomic mass is 127. The number of esters is 1. The first kappa shape index (κ1) is 24.7. The van der Waals surface area contributed by atoms with Crippen LogP contribution < -0.4 is 10.6 Å². The normalized spacial score (nSPS) is 16.8. The summed E-state index contributed by atoms with van der Waals surface area (Å²) >= 11 is 3.35. The molecule has 0 spiro atoms. The second-order valence-corrected chi connectivity index (χ2v) is 7.19. The van der Waals surface area contributed by atoms with E-state index < -0.39 is 0 Å². The van der Waals surface area contributed by atoms with Crippen molar-refractivity contribution in [2.45, 2.75) is 19.8 Å². The fourth-order valence-corrected chi connectivity index (χ4v) is 3.27. The molecule has 1 atom stereocenters. The van der Waals surface area contributed by atoms with Crippen LogP contribution in [0.3, 0.4) is 0 Å². The van der Waals surface area contributed by atoms with Crippen LogP contribution in [-0.2, 0) is 9.53 Å². The number of carbonyl (C=O) groups is 2. The molecule has 1 aliphatic rings. The molecule has 0 aromatic heterocycles. The van der Waals surface area contributed by atoms with Crippen LogP contribution in [0.1, 0.15) is 30.1 Å². The Bertz CT molecular complexity index is 670. The van der Waals surface area contributed by atoms with Crippen LogP contribution in [0.15, 0.2) is 33.7 Å². The molecule has 1 saturated heterocycles. The van der Waals surface area contributed by atoms with Gasteiger partial charge in [-0.15, -0.1) is 24.0 Å². The lowest BCUT2D eigenvalue weighted by Crippen LogP contribution is -2.49. The molecule has 1 aromatic rings. The largest absolute Gasteiger partial charge is 0.466 e. The van der Waals surface area contributed by atoms with Crippen molar-refractivity contribution in [2.75, 3.05) is 39.8 Å². The third-order valence-electron chi connectivity index (χ3n) is 4.35. The van der Waals surface area contributed by atoms with Gasteiger partial charge in [0.25, 0.3) is 5.91 Å². The van der Waals surface area contributed by atoms with E-state index in [0.29, 0.717) is 31.8 Å². The summed E-state index contributed by atoms with van der Waals surface area (Å²) < 4.78 is 6.08. The highest BCUT2D eigenvalue weighted by Gasteiger charge is 2.28. The number of hydrogen-bond donors (Lipinski definition) is 2. The van der Waals surface area contributed by atoms with E-state index in [1.165, 1.54) is 0 Å². The number of rotatable bonds is 6. The quantitative estimate of drug-likeness (QED) is 0.182. The summed E-state index contributed by atoms with van der Waals surface area (Å²) in [6.45, 7) is 4.70. The molecule has 2 N–H and O–H groups in total. The van der Waals surface area contributed by atoms with Gasteiger partial charge in [-0.3, -0.25) is 14.6 Å². The van der Waals surface area contributed by atoms with Crippen LogP contribution in [0.2, 0.25) is 0 Å². The highest BCUT2D eigenvalue weighted by molar-refractivity contribution is 14.0. The number of likely N-dealkylation sites (tertiary alicyclic amines) is 1. The Morgan fingerprint density at radius 1 is 1.25 bits per heavy atom. The van der Waals surface area contributed by atoms with Gasteiger partial charge < -0.3 is 20.3 Å². The molecule has 28 heavy (non-hydrogen) atoms. The van der Waals surface area contributed by atoms with E-state index >= 15 is 0 Å². The molecule has 0 saturated carbocycles. The number of guanidine groups is 1. The minimum absolute atomic E-state index is 0. The predicted molar refractivity (Wildman–Crippen MR) is 124 cm³/mol. The van der Waals surface area contributed by atoms with Crippen molar-refractivity contribution < 1.29 is 14.3 Å². The Labute approximate surface area is 191 Å². The maximum Gasteiger partial charge on any atom is 0.310 e. The van der Waals surface area contributed by atoms with Crippen molar-refractivity contribution in [3.63, 3.8) is 0 Å². The van der Waals surface area contributed by atoms with Crippen molar-refractivity contribution in [1.29, 1.82) is 0 Å². The fourth-order valence-electron chi connectivity index (χ4n) is 3.01. The van der Waals surface area contributed by atoms with Crippen LogP contribution in [0.25, 0.3) is 0 Å². The monoisotopic (exact) mass is 566 g/mol. The Balaban J connectivity index is 0.00000392. The summed E-state index contributed by atoms with van der Waals surface area (Å²) in [5.41, 5.74) is 0.621. The molecule has 156 valence electrons. The first-order valence-corrected chi connectivity index (χ1v) is 10.0. The third-order valence-corrected chi connectivity index (χ3v) is 4.88. The van der Waals surface area contributed by atoms with E-state index in [9.17, 15) is 9.59 Å². The van der Waals surface area contributed by atoms with Crippen LogP contribution >= 0.6 is 39.9 Å². The number of aliphatic imine (C=N–C) groups is 1. The first-order chi connectivity index (χ1) is 13.0. The second kappa shape index (κ2) is 13.0. The number of carbonyl (C=O) groups excluding carboxylic acids is 2. The van der Waals surface area contributed by atoms with E-state index in [1.807, 2.05) is 19.1 Å². The van der Waals surface area contributed by atoms with E-state index in [-0.39, 0.29) is 41.8 Å². The molecule has 0 aliphatic carbocycles. The van der Waals surface area contributed by atoms with Gasteiger partial charge in [-0.1, -0.05) is 15.9 Å². The summed E-state index contributed by atoms with van der Waals surface area (Å²) in [7, 11) is 1.72. The van der Waals surface area contributed by atoms with Gasteiger partial charge in [0.2, 0.25) is 0 Å². The molecular formula is C19H28BrIN4O3. The van der Waals surface area contributed by atoms with Crippen LogP contribution in [0, 0.1) is 5.92 Å². The van der Waals surface area contributed by atoms with Gasteiger partial charge in [-0.25, -0.2) is 0 Å². The minimum atomic E-state index is -0.139. The molecule has 9 heteroatoms. The third kappa shape index (κ3) is 7.57. The smallest absolute Gasteiger partial charge is 0.310 e. The van der Waals surface area contributed by atoms with Gasteiger partial charge in [0.15, 0.2) is 5.96 Å². The van der Waals surface area contributed by atoms with Crippen molar-refractivity contribution in [3.05, 3.63) is 34.3 Å². The molecule has 1 fully saturated rings. The summed E-state index contributed by atoms with van der Waals surface area (Å²) in [6.07, 6.45) is 1.76. The average molecular weight is 567 g/mol. The maximum absolute atomic E-state index is 12.1. The van der Waals surface area contributed by atoms with Crippen molar-refractivity contribution >= 4 is 57.7 Å². The summed E-state index contributed by atoms with van der Waals surface area (Å²) in [4.78, 5) is 30.5. The summed E-state index contributed by atoms with van der Waals surface area (Å²) in [5.74, 6) is 0.371. The Morgan fingerprint density at radius 2 is 1.93 bits per heavy atom. The maximum atomic E-state index is 12.1. The number of halogens is 2. The SMILES string of the molecule is CCOC(=O)C1CCCN(C(=NC)NCCNC(=O)c2ccc(Br)cc2)C1.I. The van der Waals surface area contributed by atoms with Gasteiger partial charge in [-0.2, -0.15) is 0 Å². The number of nitrogens with one attached hydrogen (secondary N) is 2. The summed E-state index contributed by atoms with van der Waals surface area (Å²) in [6, 6.07) is 7.22. The molecule has 0 radical (unpaired) electrons. The molecule has 0 bridgehead atoms. The topological polar surface area (TPSA) is 83.0 Å². The van der Waals surface area contributed by atoms with E-state index in [4.69, 9.17) is 4.74 Å². The van der Waals surface area contributed by atoms with Gasteiger partial charge >= 0.3 is 5.97 Å². The van der Waals surface area contributed by atoms with E-state index in [1.54, 1.807) is 19.2 Å². The van der Waals surface area contributed by atoms with E-state index in [0.717, 1.165) is 29.8 Å². The molecule has 1 unspecified atom stereocenters.